The first-order valence-corrected chi connectivity index (χ1v) is 33.5. The molecule has 25 nitrogen and oxygen atoms in total. The third kappa shape index (κ3) is 19.4. The van der Waals surface area contributed by atoms with Crippen molar-refractivity contribution in [3.8, 4) is 46.0 Å². The largest absolute Gasteiger partial charge is 0.497 e. The first-order valence-electron chi connectivity index (χ1n) is 32.7. The molecule has 5 aromatic heterocycles. The smallest absolute Gasteiger partial charge is 0.416 e. The summed E-state index contributed by atoms with van der Waals surface area (Å²) in [7, 11) is 5.58. The van der Waals surface area contributed by atoms with Gasteiger partial charge in [0.2, 0.25) is 17.8 Å². The highest BCUT2D eigenvalue weighted by Crippen LogP contribution is 2.38. The Hall–Kier alpha value is -13.7. The number of hydrogen-bond acceptors (Lipinski definition) is 25. The van der Waals surface area contributed by atoms with Crippen LogP contribution in [0.4, 0.5) is 65.8 Å². The van der Waals surface area contributed by atoms with E-state index in [1.54, 1.807) is 32.2 Å². The molecule has 15 aromatic rings. The van der Waals surface area contributed by atoms with Crippen LogP contribution in [0.3, 0.4) is 0 Å². The van der Waals surface area contributed by atoms with Crippen molar-refractivity contribution in [1.82, 2.24) is 49.8 Å². The Morgan fingerprint density at radius 3 is 1.16 bits per heavy atom. The number of fused-ring (bicyclic) bond motifs is 5. The van der Waals surface area contributed by atoms with Crippen LogP contribution in [-0.2, 0) is 26.0 Å². The number of halogens is 5. The van der Waals surface area contributed by atoms with Gasteiger partial charge in [0, 0.05) is 35.9 Å². The average molecular weight is 1500 g/mol. The molecule has 15 rings (SSSR count). The Morgan fingerprint density at radius 1 is 0.370 bits per heavy atom. The third-order valence-corrected chi connectivity index (χ3v) is 16.3. The fraction of sp³-hybridized carbons (Fsp3) is 0.103. The molecule has 0 saturated carbocycles. The number of ether oxygens (including phenoxy) is 6. The van der Waals surface area contributed by atoms with Crippen LogP contribution in [0.2, 0.25) is 10.0 Å². The standard InChI is InChI=1S/C17H14F3N3O.C16H17N5O.2C15H13ClN4O.C15H13N3O2/c1-10-22-13-3-2-4-14(15(13)16(21)23-10)24-9-11-5-7-12(8-6-11)17(18,19)20;1-21(2)10-5-3-6-11(9-10)22-13-8-4-7-12-14(13)15(17)20-16(18)19-12;2*16-10-6-4-9(5-7-10)8-21-12-3-1-2-11-13(12)14(17)20-15(18)19-11;1-19-10-5-7-11(8-6-10)20-13-4-2-3-12-14(13)15(16)18-9-17-12/h2-8H,9H2,1H3,(H2,21,22,23);3-9H,1-2H3,(H4,17,18,19,20);2*1-7H,8H2,(H4,17,18,19,20);2-9H,1H3,(H2,16,17,18). The van der Waals surface area contributed by atoms with E-state index in [9.17, 15) is 13.2 Å². The highest BCUT2D eigenvalue weighted by atomic mass is 35.5. The molecule has 0 spiro atoms. The lowest BCUT2D eigenvalue weighted by molar-refractivity contribution is -0.137. The molecule has 0 aliphatic rings. The van der Waals surface area contributed by atoms with Gasteiger partial charge >= 0.3 is 6.18 Å². The van der Waals surface area contributed by atoms with Crippen molar-refractivity contribution in [3.05, 3.63) is 257 Å². The number of hydrogen-bond donors (Lipinski definition) is 8. The lowest BCUT2D eigenvalue weighted by Gasteiger charge is -2.15. The molecular weight excluding hydrogens is 1430 g/mol. The van der Waals surface area contributed by atoms with Crippen LogP contribution in [0.25, 0.3) is 54.5 Å². The van der Waals surface area contributed by atoms with E-state index in [0.29, 0.717) is 147 Å². The summed E-state index contributed by atoms with van der Waals surface area (Å²) in [6.07, 6.45) is -2.91. The molecule has 0 radical (unpaired) electrons. The number of aromatic nitrogens is 10. The second kappa shape index (κ2) is 34.2. The van der Waals surface area contributed by atoms with E-state index in [1.165, 1.54) is 18.5 Å². The quantitative estimate of drug-likeness (QED) is 0.0472. The number of methoxy groups -OCH3 is 1. The molecule has 0 fully saturated rings. The van der Waals surface area contributed by atoms with E-state index >= 15 is 0 Å². The van der Waals surface area contributed by atoms with E-state index in [4.69, 9.17) is 97.5 Å². The molecule has 0 bridgehead atoms. The summed E-state index contributed by atoms with van der Waals surface area (Å²) in [4.78, 5) is 43.1. The number of nitrogen functional groups attached to an aromatic ring is 8. The van der Waals surface area contributed by atoms with Crippen molar-refractivity contribution in [1.29, 1.82) is 0 Å². The summed E-state index contributed by atoms with van der Waals surface area (Å²) in [5.74, 6) is 7.80. The summed E-state index contributed by atoms with van der Waals surface area (Å²) in [6.45, 7) is 2.66. The Labute approximate surface area is 626 Å². The van der Waals surface area contributed by atoms with Gasteiger partial charge in [0.1, 0.15) is 107 Å². The lowest BCUT2D eigenvalue weighted by Crippen LogP contribution is -2.08. The van der Waals surface area contributed by atoms with Gasteiger partial charge in [-0.05, 0) is 157 Å². The maximum Gasteiger partial charge on any atom is 0.416 e. The van der Waals surface area contributed by atoms with Crippen LogP contribution in [0.5, 0.6) is 46.0 Å². The monoisotopic (exact) mass is 1500 g/mol. The van der Waals surface area contributed by atoms with Crippen molar-refractivity contribution in [2.75, 3.05) is 72.0 Å². The molecule has 548 valence electrons. The molecule has 0 aliphatic heterocycles. The zero-order chi connectivity index (χ0) is 76.6. The first kappa shape index (κ1) is 75.4. The van der Waals surface area contributed by atoms with Crippen LogP contribution in [0.1, 0.15) is 28.1 Å². The van der Waals surface area contributed by atoms with Crippen LogP contribution < -0.4 is 79.2 Å². The number of nitrogens with zero attached hydrogens (tertiary/aromatic N) is 11. The van der Waals surface area contributed by atoms with E-state index < -0.39 is 11.7 Å². The number of aryl methyl sites for hydroxylation is 1. The van der Waals surface area contributed by atoms with Gasteiger partial charge in [0.25, 0.3) is 0 Å². The minimum Gasteiger partial charge on any atom is -0.497 e. The molecule has 0 unspecified atom stereocenters. The zero-order valence-electron chi connectivity index (χ0n) is 58.3. The van der Waals surface area contributed by atoms with E-state index in [1.807, 2.05) is 189 Å². The maximum atomic E-state index is 12.6. The second-order valence-corrected chi connectivity index (χ2v) is 24.5. The Bertz CT molecular complexity index is 5510. The summed E-state index contributed by atoms with van der Waals surface area (Å²) in [5.41, 5.74) is 52.9. The number of anilines is 9. The summed E-state index contributed by atoms with van der Waals surface area (Å²) in [6, 6.07) is 62.2. The van der Waals surface area contributed by atoms with Crippen LogP contribution in [0.15, 0.2) is 219 Å². The summed E-state index contributed by atoms with van der Waals surface area (Å²) in [5, 5.41) is 4.68. The van der Waals surface area contributed by atoms with Crippen LogP contribution >= 0.6 is 23.2 Å². The number of alkyl halides is 3. The first-order chi connectivity index (χ1) is 51.9. The van der Waals surface area contributed by atoms with E-state index in [-0.39, 0.29) is 24.5 Å². The molecule has 0 atom stereocenters. The van der Waals surface area contributed by atoms with Gasteiger partial charge in [-0.2, -0.15) is 28.1 Å². The topological polar surface area (TPSA) is 396 Å². The summed E-state index contributed by atoms with van der Waals surface area (Å²) >= 11 is 11.7. The fourth-order valence-electron chi connectivity index (χ4n) is 10.7. The maximum absolute atomic E-state index is 12.6. The minimum atomic E-state index is -4.35. The Morgan fingerprint density at radius 2 is 0.731 bits per heavy atom. The van der Waals surface area contributed by atoms with Crippen molar-refractivity contribution in [3.63, 3.8) is 0 Å². The van der Waals surface area contributed by atoms with Crippen molar-refractivity contribution in [2.45, 2.75) is 32.9 Å². The second-order valence-electron chi connectivity index (χ2n) is 23.7. The van der Waals surface area contributed by atoms with Crippen molar-refractivity contribution < 1.29 is 41.6 Å². The third-order valence-electron chi connectivity index (χ3n) is 15.8. The number of nitrogens with two attached hydrogens (primary N) is 8. The molecule has 0 amide bonds. The Balaban J connectivity index is 0.000000134. The predicted molar refractivity (Wildman–Crippen MR) is 419 cm³/mol. The predicted octanol–water partition coefficient (Wildman–Crippen LogP) is 15.8. The number of rotatable bonds is 15. The highest BCUT2D eigenvalue weighted by molar-refractivity contribution is 6.30. The van der Waals surface area contributed by atoms with Crippen molar-refractivity contribution >= 4 is 130 Å². The summed E-state index contributed by atoms with van der Waals surface area (Å²) < 4.78 is 72.0. The van der Waals surface area contributed by atoms with E-state index in [2.05, 4.69) is 49.8 Å². The Kier molecular flexibility index (Phi) is 23.9. The lowest BCUT2D eigenvalue weighted by atomic mass is 10.1. The van der Waals surface area contributed by atoms with E-state index in [0.717, 1.165) is 46.0 Å². The van der Waals surface area contributed by atoms with Gasteiger partial charge in [-0.15, -0.1) is 0 Å². The highest BCUT2D eigenvalue weighted by Gasteiger charge is 2.30. The van der Waals surface area contributed by atoms with Gasteiger partial charge in [-0.25, -0.2) is 34.9 Å². The molecule has 0 aliphatic carbocycles. The fourth-order valence-corrected chi connectivity index (χ4v) is 10.9. The minimum absolute atomic E-state index is 0.116. The van der Waals surface area contributed by atoms with Gasteiger partial charge in [0.15, 0.2) is 0 Å². The molecule has 16 N–H and O–H groups in total. The molecule has 10 aromatic carbocycles. The molecular formula is C78H70Cl2F3N19O6. The molecule has 30 heteroatoms. The van der Waals surface area contributed by atoms with Crippen LogP contribution in [-0.4, -0.2) is 71.0 Å². The van der Waals surface area contributed by atoms with Gasteiger partial charge in [0.05, 0.1) is 67.2 Å². The molecule has 0 saturated heterocycles. The normalized spacial score (nSPS) is 10.9. The molecule has 5 heterocycles. The number of benzene rings is 10. The van der Waals surface area contributed by atoms with Gasteiger partial charge in [-0.1, -0.05) is 96.0 Å². The zero-order valence-corrected chi connectivity index (χ0v) is 59.8. The van der Waals surface area contributed by atoms with Gasteiger partial charge in [-0.3, -0.25) is 0 Å². The van der Waals surface area contributed by atoms with Crippen LogP contribution in [0, 0.1) is 6.92 Å². The SMILES string of the molecule is CN(C)c1cccc(Oc2cccc3nc(N)nc(N)c23)c1.COc1ccc(Oc2cccc3ncnc(N)c23)cc1.Cc1nc(N)c2c(OCc3ccc(C(F)(F)F)cc3)cccc2n1.Nc1nc(N)c2c(OCc3ccc(Cl)cc3)cccc2n1.Nc1nc(N)c2c(OCc3ccc(Cl)cc3)cccc2n1. The average Bonchev–Trinajstić information content (AvgIpc) is 0.814. The van der Waals surface area contributed by atoms with Crippen molar-refractivity contribution in [2.24, 2.45) is 0 Å². The molecule has 108 heavy (non-hydrogen) atoms. The van der Waals surface area contributed by atoms with Gasteiger partial charge < -0.3 is 79.2 Å².